The summed E-state index contributed by atoms with van der Waals surface area (Å²) in [5.41, 5.74) is 1.32. The van der Waals surface area contributed by atoms with Crippen LogP contribution in [0.4, 0.5) is 4.39 Å². The molecule has 1 amide bonds. The van der Waals surface area contributed by atoms with Crippen LogP contribution in [0, 0.1) is 5.82 Å². The Hall–Kier alpha value is -2.27. The van der Waals surface area contributed by atoms with Gasteiger partial charge < -0.3 is 5.32 Å². The summed E-state index contributed by atoms with van der Waals surface area (Å²) >= 11 is 3.35. The molecule has 2 aromatic carbocycles. The van der Waals surface area contributed by atoms with E-state index < -0.39 is 0 Å². The average molecular weight is 345 g/mol. The fraction of sp³-hybridized carbons (Fsp3) is 0. The molecule has 3 rings (SSSR count). The van der Waals surface area contributed by atoms with Crippen molar-refractivity contribution in [3.63, 3.8) is 0 Å². The van der Waals surface area contributed by atoms with Crippen molar-refractivity contribution >= 4 is 33.7 Å². The van der Waals surface area contributed by atoms with Crippen LogP contribution in [0.15, 0.2) is 63.7 Å². The van der Waals surface area contributed by atoms with E-state index in [-0.39, 0.29) is 17.4 Å². The zero-order valence-electron chi connectivity index (χ0n) is 10.8. The predicted octanol–water partition coefficient (Wildman–Crippen LogP) is 3.51. The van der Waals surface area contributed by atoms with Gasteiger partial charge in [0.15, 0.2) is 0 Å². The zero-order valence-corrected chi connectivity index (χ0v) is 12.4. The highest BCUT2D eigenvalue weighted by atomic mass is 79.9. The summed E-state index contributed by atoms with van der Waals surface area (Å²) < 4.78 is 14.5. The monoisotopic (exact) mass is 344 g/mol. The minimum atomic E-state index is -0.384. The van der Waals surface area contributed by atoms with E-state index in [9.17, 15) is 9.18 Å². The predicted molar refractivity (Wildman–Crippen MR) is 83.2 cm³/mol. The van der Waals surface area contributed by atoms with Gasteiger partial charge in [-0.15, -0.1) is 0 Å². The second-order valence-electron chi connectivity index (χ2n) is 4.47. The van der Waals surface area contributed by atoms with E-state index in [0.717, 1.165) is 10.0 Å². The number of nitrogens with one attached hydrogen (secondary N) is 1. The minimum absolute atomic E-state index is 0.193. The Kier molecular flexibility index (Phi) is 3.66. The van der Waals surface area contributed by atoms with Gasteiger partial charge in [-0.3, -0.25) is 4.79 Å². The van der Waals surface area contributed by atoms with Crippen LogP contribution in [-0.2, 0) is 4.79 Å². The van der Waals surface area contributed by atoms with E-state index in [1.165, 1.54) is 12.1 Å². The van der Waals surface area contributed by atoms with Gasteiger partial charge in [-0.1, -0.05) is 46.3 Å². The molecule has 21 heavy (non-hydrogen) atoms. The first-order chi connectivity index (χ1) is 10.1. The molecule has 0 bridgehead atoms. The first-order valence-corrected chi connectivity index (χ1v) is 7.05. The number of hydrogen-bond donors (Lipinski definition) is 1. The second kappa shape index (κ2) is 5.61. The van der Waals surface area contributed by atoms with Gasteiger partial charge in [0.05, 0.1) is 0 Å². The molecule has 0 saturated heterocycles. The van der Waals surface area contributed by atoms with Crippen LogP contribution in [0.5, 0.6) is 0 Å². The van der Waals surface area contributed by atoms with Crippen molar-refractivity contribution in [2.75, 3.05) is 0 Å². The van der Waals surface area contributed by atoms with Crippen molar-refractivity contribution in [2.45, 2.75) is 0 Å². The number of amidine groups is 1. The lowest BCUT2D eigenvalue weighted by Gasteiger charge is -1.99. The zero-order chi connectivity index (χ0) is 14.8. The second-order valence-corrected chi connectivity index (χ2v) is 5.39. The molecule has 104 valence electrons. The van der Waals surface area contributed by atoms with Crippen LogP contribution >= 0.6 is 15.9 Å². The number of aliphatic imine (C=N–C) groups is 1. The molecular weight excluding hydrogens is 335 g/mol. The Morgan fingerprint density at radius 2 is 1.81 bits per heavy atom. The molecule has 2 aromatic rings. The molecule has 0 spiro atoms. The number of halogens is 2. The Bertz CT molecular complexity index is 766. The van der Waals surface area contributed by atoms with Crippen LogP contribution in [0.2, 0.25) is 0 Å². The van der Waals surface area contributed by atoms with Gasteiger partial charge in [0, 0.05) is 15.6 Å². The maximum absolute atomic E-state index is 13.6. The number of rotatable bonds is 2. The normalized spacial score (nSPS) is 16.0. The third-order valence-corrected chi connectivity index (χ3v) is 3.54. The van der Waals surface area contributed by atoms with Gasteiger partial charge in [0.1, 0.15) is 17.3 Å². The van der Waals surface area contributed by atoms with E-state index in [1.807, 2.05) is 24.3 Å². The van der Waals surface area contributed by atoms with Gasteiger partial charge in [-0.25, -0.2) is 9.38 Å². The number of benzene rings is 2. The molecular formula is C16H10BrFN2O. The molecule has 0 aromatic heterocycles. The van der Waals surface area contributed by atoms with Crippen molar-refractivity contribution in [1.82, 2.24) is 5.32 Å². The molecule has 0 atom stereocenters. The Morgan fingerprint density at radius 1 is 1.10 bits per heavy atom. The smallest absolute Gasteiger partial charge is 0.275 e. The third kappa shape index (κ3) is 2.92. The highest BCUT2D eigenvalue weighted by Crippen LogP contribution is 2.18. The van der Waals surface area contributed by atoms with Crippen molar-refractivity contribution in [3.8, 4) is 0 Å². The molecule has 0 aliphatic carbocycles. The largest absolute Gasteiger partial charge is 0.305 e. The summed E-state index contributed by atoms with van der Waals surface area (Å²) in [4.78, 5) is 16.2. The fourth-order valence-electron chi connectivity index (χ4n) is 1.95. The van der Waals surface area contributed by atoms with E-state index in [0.29, 0.717) is 11.4 Å². The lowest BCUT2D eigenvalue weighted by molar-refractivity contribution is -0.115. The molecule has 0 radical (unpaired) electrons. The SMILES string of the molecule is O=C1NC(c2ccc(Br)cc2)=N/C1=C\c1ccccc1F. The number of nitrogens with zero attached hydrogens (tertiary/aromatic N) is 1. The molecule has 0 unspecified atom stereocenters. The number of carbonyl (C=O) groups excluding carboxylic acids is 1. The Labute approximate surface area is 129 Å². The van der Waals surface area contributed by atoms with Crippen molar-refractivity contribution in [3.05, 3.63) is 75.6 Å². The van der Waals surface area contributed by atoms with Crippen LogP contribution in [0.25, 0.3) is 6.08 Å². The maximum atomic E-state index is 13.6. The van der Waals surface area contributed by atoms with E-state index in [4.69, 9.17) is 0 Å². The van der Waals surface area contributed by atoms with Crippen molar-refractivity contribution in [2.24, 2.45) is 4.99 Å². The van der Waals surface area contributed by atoms with Gasteiger partial charge in [0.25, 0.3) is 5.91 Å². The fourth-order valence-corrected chi connectivity index (χ4v) is 2.22. The van der Waals surface area contributed by atoms with Gasteiger partial charge in [-0.2, -0.15) is 0 Å². The summed E-state index contributed by atoms with van der Waals surface area (Å²) in [6.07, 6.45) is 1.44. The molecule has 1 aliphatic rings. The lowest BCUT2D eigenvalue weighted by Crippen LogP contribution is -2.24. The van der Waals surface area contributed by atoms with E-state index >= 15 is 0 Å². The number of hydrogen-bond acceptors (Lipinski definition) is 2. The first-order valence-electron chi connectivity index (χ1n) is 6.26. The van der Waals surface area contributed by atoms with Gasteiger partial charge in [0.2, 0.25) is 0 Å². The summed E-state index contributed by atoms with van der Waals surface area (Å²) in [5.74, 6) is -0.253. The quantitative estimate of drug-likeness (QED) is 0.832. The minimum Gasteiger partial charge on any atom is -0.305 e. The van der Waals surface area contributed by atoms with Crippen LogP contribution in [-0.4, -0.2) is 11.7 Å². The summed E-state index contributed by atoms with van der Waals surface area (Å²) in [6, 6.07) is 13.7. The average Bonchev–Trinajstić information content (AvgIpc) is 2.83. The number of carbonyl (C=O) groups is 1. The summed E-state index contributed by atoms with van der Waals surface area (Å²) in [5, 5.41) is 2.68. The summed E-state index contributed by atoms with van der Waals surface area (Å²) in [6.45, 7) is 0. The molecule has 0 saturated carbocycles. The Morgan fingerprint density at radius 3 is 2.52 bits per heavy atom. The molecule has 1 aliphatic heterocycles. The van der Waals surface area contributed by atoms with Crippen LogP contribution in [0.3, 0.4) is 0 Å². The van der Waals surface area contributed by atoms with Crippen molar-refractivity contribution in [1.29, 1.82) is 0 Å². The molecule has 3 nitrogen and oxygen atoms in total. The third-order valence-electron chi connectivity index (χ3n) is 3.01. The maximum Gasteiger partial charge on any atom is 0.275 e. The van der Waals surface area contributed by atoms with Crippen LogP contribution < -0.4 is 5.32 Å². The van der Waals surface area contributed by atoms with Gasteiger partial charge >= 0.3 is 0 Å². The van der Waals surface area contributed by atoms with Crippen molar-refractivity contribution < 1.29 is 9.18 Å². The highest BCUT2D eigenvalue weighted by Gasteiger charge is 2.21. The topological polar surface area (TPSA) is 41.5 Å². The lowest BCUT2D eigenvalue weighted by atomic mass is 10.2. The Balaban J connectivity index is 1.96. The van der Waals surface area contributed by atoms with E-state index in [2.05, 4.69) is 26.2 Å². The van der Waals surface area contributed by atoms with E-state index in [1.54, 1.807) is 18.2 Å². The highest BCUT2D eigenvalue weighted by molar-refractivity contribution is 9.10. The standard InChI is InChI=1S/C16H10BrFN2O/c17-12-7-5-10(6-8-12)15-19-14(16(21)20-15)9-11-3-1-2-4-13(11)18/h1-9H,(H,19,20,21)/b14-9-. The number of amides is 1. The van der Waals surface area contributed by atoms with Crippen LogP contribution in [0.1, 0.15) is 11.1 Å². The molecule has 1 heterocycles. The molecule has 0 fully saturated rings. The van der Waals surface area contributed by atoms with Gasteiger partial charge in [-0.05, 0) is 24.3 Å². The summed E-state index contributed by atoms with van der Waals surface area (Å²) in [7, 11) is 0. The molecule has 5 heteroatoms. The first kappa shape index (κ1) is 13.7. The molecule has 1 N–H and O–H groups in total.